The van der Waals surface area contributed by atoms with Gasteiger partial charge in [0.05, 0.1) is 5.69 Å². The maximum Gasteiger partial charge on any atom is 0.323 e. The summed E-state index contributed by atoms with van der Waals surface area (Å²) in [6, 6.07) is 16.3. The van der Waals surface area contributed by atoms with Crippen LogP contribution in [0.4, 0.5) is 16.2 Å². The van der Waals surface area contributed by atoms with E-state index in [1.807, 2.05) is 42.7 Å². The summed E-state index contributed by atoms with van der Waals surface area (Å²) in [6.45, 7) is 6.02. The second-order valence-electron chi connectivity index (χ2n) is 7.26. The molecule has 0 fully saturated rings. The largest absolute Gasteiger partial charge is 0.439 e. The van der Waals surface area contributed by atoms with Crippen molar-refractivity contribution < 1.29 is 9.53 Å². The zero-order valence-electron chi connectivity index (χ0n) is 18.2. The van der Waals surface area contributed by atoms with Crippen LogP contribution in [0.5, 0.6) is 11.6 Å². The first-order valence-corrected chi connectivity index (χ1v) is 10.3. The predicted molar refractivity (Wildman–Crippen MR) is 124 cm³/mol. The molecule has 0 aliphatic carbocycles. The molecule has 4 aromatic rings. The molecule has 4 rings (SSSR count). The first-order valence-electron chi connectivity index (χ1n) is 10.3. The maximum atomic E-state index is 12.2. The fourth-order valence-electron chi connectivity index (χ4n) is 3.09. The van der Waals surface area contributed by atoms with Gasteiger partial charge in [-0.15, -0.1) is 0 Å². The predicted octanol–water partition coefficient (Wildman–Crippen LogP) is 5.28. The van der Waals surface area contributed by atoms with Gasteiger partial charge in [-0.3, -0.25) is 4.57 Å². The Morgan fingerprint density at radius 3 is 2.19 bits per heavy atom. The molecule has 162 valence electrons. The van der Waals surface area contributed by atoms with E-state index in [1.165, 1.54) is 11.9 Å². The number of rotatable bonds is 6. The van der Waals surface area contributed by atoms with Crippen molar-refractivity contribution in [1.82, 2.24) is 19.5 Å². The minimum absolute atomic E-state index is 0.311. The number of hydrogen-bond acceptors (Lipinski definition) is 5. The van der Waals surface area contributed by atoms with Crippen molar-refractivity contribution in [3.63, 3.8) is 0 Å². The van der Waals surface area contributed by atoms with Gasteiger partial charge < -0.3 is 15.4 Å². The molecule has 0 atom stereocenters. The number of ether oxygens (including phenoxy) is 1. The lowest BCUT2D eigenvalue weighted by molar-refractivity contribution is 0.262. The Hall–Kier alpha value is -4.20. The molecule has 2 amide bonds. The zero-order chi connectivity index (χ0) is 22.5. The van der Waals surface area contributed by atoms with E-state index in [-0.39, 0.29) is 6.03 Å². The van der Waals surface area contributed by atoms with Crippen molar-refractivity contribution in [2.24, 2.45) is 0 Å². The topological polar surface area (TPSA) is 94.0 Å². The Labute approximate surface area is 186 Å². The molecule has 2 aromatic carbocycles. The van der Waals surface area contributed by atoms with Gasteiger partial charge in [-0.1, -0.05) is 19.1 Å². The van der Waals surface area contributed by atoms with Crippen LogP contribution >= 0.6 is 0 Å². The van der Waals surface area contributed by atoms with Crippen LogP contribution in [-0.2, 0) is 6.42 Å². The standard InChI is InChI=1S/C24H24N6O2/c1-4-18-5-7-19(8-6-18)28-24(31)29-20-9-11-21(12-10-20)32-23-13-22(25-14-26-23)30-15-27-16(2)17(30)3/h5-15H,4H2,1-3H3,(H2,28,29,31). The normalized spacial score (nSPS) is 10.6. The molecule has 0 aliphatic rings. The number of carbonyl (C=O) groups is 1. The number of carbonyl (C=O) groups excluding carboxylic acids is 1. The molecule has 32 heavy (non-hydrogen) atoms. The van der Waals surface area contributed by atoms with Gasteiger partial charge >= 0.3 is 6.03 Å². The maximum absolute atomic E-state index is 12.2. The van der Waals surface area contributed by atoms with Gasteiger partial charge in [0.2, 0.25) is 5.88 Å². The minimum atomic E-state index is -0.311. The van der Waals surface area contributed by atoms with E-state index in [9.17, 15) is 4.79 Å². The molecule has 8 nitrogen and oxygen atoms in total. The molecule has 2 aromatic heterocycles. The third-order valence-electron chi connectivity index (χ3n) is 5.08. The third-order valence-corrected chi connectivity index (χ3v) is 5.08. The average Bonchev–Trinajstić information content (AvgIpc) is 3.14. The van der Waals surface area contributed by atoms with Gasteiger partial charge in [-0.05, 0) is 62.2 Å². The van der Waals surface area contributed by atoms with Crippen LogP contribution in [0.1, 0.15) is 23.9 Å². The molecule has 0 radical (unpaired) electrons. The lowest BCUT2D eigenvalue weighted by atomic mass is 10.1. The van der Waals surface area contributed by atoms with Gasteiger partial charge in [0.15, 0.2) is 0 Å². The first kappa shape index (κ1) is 21.0. The lowest BCUT2D eigenvalue weighted by Crippen LogP contribution is -2.19. The number of amides is 2. The van der Waals surface area contributed by atoms with E-state index in [4.69, 9.17) is 4.74 Å². The number of hydrogen-bond donors (Lipinski definition) is 2. The monoisotopic (exact) mass is 428 g/mol. The van der Waals surface area contributed by atoms with Crippen LogP contribution in [0.3, 0.4) is 0 Å². The molecule has 0 bridgehead atoms. The number of nitrogens with one attached hydrogen (secondary N) is 2. The van der Waals surface area contributed by atoms with Crippen LogP contribution < -0.4 is 15.4 Å². The summed E-state index contributed by atoms with van der Waals surface area (Å²) in [6.07, 6.45) is 4.13. The van der Waals surface area contributed by atoms with Crippen LogP contribution in [0.2, 0.25) is 0 Å². The summed E-state index contributed by atoms with van der Waals surface area (Å²) < 4.78 is 7.73. The summed E-state index contributed by atoms with van der Waals surface area (Å²) in [7, 11) is 0. The average molecular weight is 428 g/mol. The molecule has 0 unspecified atom stereocenters. The summed E-state index contributed by atoms with van der Waals surface area (Å²) >= 11 is 0. The van der Waals surface area contributed by atoms with Gasteiger partial charge in [-0.2, -0.15) is 0 Å². The molecule has 0 saturated heterocycles. The van der Waals surface area contributed by atoms with E-state index >= 15 is 0 Å². The SMILES string of the molecule is CCc1ccc(NC(=O)Nc2ccc(Oc3cc(-n4cnc(C)c4C)ncn3)cc2)cc1. The van der Waals surface area contributed by atoms with Crippen molar-refractivity contribution in [3.8, 4) is 17.4 Å². The Kier molecular flexibility index (Phi) is 6.12. The van der Waals surface area contributed by atoms with Crippen molar-refractivity contribution in [2.75, 3.05) is 10.6 Å². The van der Waals surface area contributed by atoms with E-state index in [0.29, 0.717) is 23.1 Å². The van der Waals surface area contributed by atoms with Crippen molar-refractivity contribution in [2.45, 2.75) is 27.2 Å². The number of imidazole rings is 1. The van der Waals surface area contributed by atoms with Crippen LogP contribution in [0.25, 0.3) is 5.82 Å². The Balaban J connectivity index is 1.38. The lowest BCUT2D eigenvalue weighted by Gasteiger charge is -2.10. The highest BCUT2D eigenvalue weighted by molar-refractivity contribution is 5.99. The summed E-state index contributed by atoms with van der Waals surface area (Å²) in [4.78, 5) is 25.0. The minimum Gasteiger partial charge on any atom is -0.439 e. The molecular weight excluding hydrogens is 404 g/mol. The molecule has 0 aliphatic heterocycles. The Morgan fingerprint density at radius 2 is 1.59 bits per heavy atom. The first-order chi connectivity index (χ1) is 15.5. The highest BCUT2D eigenvalue weighted by atomic mass is 16.5. The van der Waals surface area contributed by atoms with E-state index < -0.39 is 0 Å². The quantitative estimate of drug-likeness (QED) is 0.436. The zero-order valence-corrected chi connectivity index (χ0v) is 18.2. The number of urea groups is 1. The van der Waals surface area contributed by atoms with Crippen molar-refractivity contribution >= 4 is 17.4 Å². The second kappa shape index (κ2) is 9.30. The van der Waals surface area contributed by atoms with Crippen molar-refractivity contribution in [1.29, 1.82) is 0 Å². The van der Waals surface area contributed by atoms with E-state index in [1.54, 1.807) is 36.7 Å². The number of aromatic nitrogens is 4. The van der Waals surface area contributed by atoms with Gasteiger partial charge in [0, 0.05) is 23.1 Å². The number of benzene rings is 2. The molecule has 0 saturated carbocycles. The molecular formula is C24H24N6O2. The fraction of sp³-hybridized carbons (Fsp3) is 0.167. The van der Waals surface area contributed by atoms with Gasteiger partial charge in [-0.25, -0.2) is 19.7 Å². The van der Waals surface area contributed by atoms with Crippen LogP contribution in [0, 0.1) is 13.8 Å². The van der Waals surface area contributed by atoms with Gasteiger partial charge in [0.1, 0.15) is 24.2 Å². The van der Waals surface area contributed by atoms with E-state index in [2.05, 4.69) is 32.5 Å². The summed E-state index contributed by atoms with van der Waals surface area (Å²) in [5.74, 6) is 1.68. The van der Waals surface area contributed by atoms with Crippen molar-refractivity contribution in [3.05, 3.63) is 84.2 Å². The highest BCUT2D eigenvalue weighted by Crippen LogP contribution is 2.23. The molecule has 2 heterocycles. The van der Waals surface area contributed by atoms with E-state index in [0.717, 1.165) is 23.5 Å². The number of anilines is 2. The van der Waals surface area contributed by atoms with Crippen LogP contribution in [-0.4, -0.2) is 25.6 Å². The summed E-state index contributed by atoms with van der Waals surface area (Å²) in [5.41, 5.74) is 4.55. The molecule has 0 spiro atoms. The van der Waals surface area contributed by atoms with Gasteiger partial charge in [0.25, 0.3) is 0 Å². The molecule has 2 N–H and O–H groups in total. The highest BCUT2D eigenvalue weighted by Gasteiger charge is 2.09. The number of aryl methyl sites for hydroxylation is 2. The van der Waals surface area contributed by atoms with Crippen LogP contribution in [0.15, 0.2) is 67.3 Å². The Bertz CT molecular complexity index is 1220. The number of nitrogens with zero attached hydrogens (tertiary/aromatic N) is 4. The second-order valence-corrected chi connectivity index (χ2v) is 7.26. The Morgan fingerprint density at radius 1 is 0.938 bits per heavy atom. The third kappa shape index (κ3) is 4.92. The smallest absolute Gasteiger partial charge is 0.323 e. The molecule has 8 heteroatoms. The fourth-order valence-corrected chi connectivity index (χ4v) is 3.09. The summed E-state index contributed by atoms with van der Waals surface area (Å²) in [5, 5.41) is 5.63.